The lowest BCUT2D eigenvalue weighted by atomic mass is 10.1. The first-order valence-electron chi connectivity index (χ1n) is 7.36. The molecule has 0 atom stereocenters. The molecule has 8 nitrogen and oxygen atoms in total. The third kappa shape index (κ3) is 3.53. The van der Waals surface area contributed by atoms with Gasteiger partial charge < -0.3 is 19.5 Å². The molecule has 0 bridgehead atoms. The highest BCUT2D eigenvalue weighted by Gasteiger charge is 2.20. The van der Waals surface area contributed by atoms with E-state index in [1.54, 1.807) is 23.1 Å². The largest absolute Gasteiger partial charge is 0.493 e. The first kappa shape index (κ1) is 15.1. The molecule has 1 aromatic carbocycles. The number of aryl methyl sites for hydroxylation is 1. The minimum Gasteiger partial charge on any atom is -0.493 e. The fourth-order valence-corrected chi connectivity index (χ4v) is 2.30. The van der Waals surface area contributed by atoms with Crippen molar-refractivity contribution in [2.45, 2.75) is 13.0 Å². The summed E-state index contributed by atoms with van der Waals surface area (Å²) in [4.78, 5) is 16.1. The second-order valence-electron chi connectivity index (χ2n) is 4.97. The van der Waals surface area contributed by atoms with Crippen LogP contribution in [0.25, 0.3) is 0 Å². The van der Waals surface area contributed by atoms with E-state index >= 15 is 0 Å². The van der Waals surface area contributed by atoms with Crippen molar-refractivity contribution >= 4 is 5.91 Å². The molecule has 0 aliphatic carbocycles. The molecule has 3 rings (SSSR count). The molecule has 0 fully saturated rings. The van der Waals surface area contributed by atoms with Gasteiger partial charge in [0.25, 0.3) is 5.91 Å². The van der Waals surface area contributed by atoms with Gasteiger partial charge in [-0.1, -0.05) is 0 Å². The summed E-state index contributed by atoms with van der Waals surface area (Å²) in [5.74, 6) is 1.39. The molecule has 1 aromatic heterocycles. The van der Waals surface area contributed by atoms with Crippen LogP contribution in [0.2, 0.25) is 0 Å². The first-order valence-corrected chi connectivity index (χ1v) is 7.36. The van der Waals surface area contributed by atoms with Gasteiger partial charge in [-0.3, -0.25) is 9.48 Å². The number of fused-ring (bicyclic) bond motifs is 1. The number of amides is 1. The van der Waals surface area contributed by atoms with Gasteiger partial charge in [-0.25, -0.2) is 4.98 Å². The molecular weight excluding hydrogens is 300 g/mol. The predicted octanol–water partition coefficient (Wildman–Crippen LogP) is 0.878. The lowest BCUT2D eigenvalue weighted by molar-refractivity contribution is 0.0950. The number of methoxy groups -OCH3 is 1. The van der Waals surface area contributed by atoms with Crippen molar-refractivity contribution in [2.75, 3.05) is 26.9 Å². The van der Waals surface area contributed by atoms with Crippen LogP contribution < -0.4 is 19.5 Å². The van der Waals surface area contributed by atoms with E-state index in [-0.39, 0.29) is 5.91 Å². The lowest BCUT2D eigenvalue weighted by Crippen LogP contribution is -2.26. The Morgan fingerprint density at radius 3 is 3.04 bits per heavy atom. The van der Waals surface area contributed by atoms with Crippen molar-refractivity contribution in [2.24, 2.45) is 0 Å². The van der Waals surface area contributed by atoms with Gasteiger partial charge in [-0.05, 0) is 18.6 Å². The topological polar surface area (TPSA) is 87.5 Å². The normalized spacial score (nSPS) is 12.7. The minimum atomic E-state index is -0.182. The molecule has 0 saturated heterocycles. The molecule has 1 aliphatic rings. The number of aromatic nitrogens is 3. The number of hydrogen-bond acceptors (Lipinski definition) is 6. The van der Waals surface area contributed by atoms with Crippen LogP contribution in [0.15, 0.2) is 24.8 Å². The number of nitrogens with zero attached hydrogens (tertiary/aromatic N) is 3. The van der Waals surface area contributed by atoms with Crippen molar-refractivity contribution in [3.8, 4) is 17.2 Å². The van der Waals surface area contributed by atoms with Crippen molar-refractivity contribution in [1.82, 2.24) is 20.1 Å². The number of nitrogens with one attached hydrogen (secondary N) is 1. The number of ether oxygens (including phenoxy) is 3. The zero-order chi connectivity index (χ0) is 16.1. The third-order valence-corrected chi connectivity index (χ3v) is 3.41. The van der Waals surface area contributed by atoms with E-state index in [0.717, 1.165) is 6.42 Å². The van der Waals surface area contributed by atoms with Crippen LogP contribution >= 0.6 is 0 Å². The van der Waals surface area contributed by atoms with Crippen LogP contribution in [0.3, 0.4) is 0 Å². The van der Waals surface area contributed by atoms with Gasteiger partial charge in [-0.2, -0.15) is 5.10 Å². The highest BCUT2D eigenvalue weighted by Crippen LogP contribution is 2.40. The van der Waals surface area contributed by atoms with Crippen LogP contribution in [0, 0.1) is 0 Å². The number of carbonyl (C=O) groups excluding carboxylic acids is 1. The zero-order valence-electron chi connectivity index (χ0n) is 12.8. The zero-order valence-corrected chi connectivity index (χ0v) is 12.8. The van der Waals surface area contributed by atoms with E-state index in [2.05, 4.69) is 15.4 Å². The van der Waals surface area contributed by atoms with Gasteiger partial charge in [0, 0.05) is 18.7 Å². The van der Waals surface area contributed by atoms with Crippen LogP contribution in [0.4, 0.5) is 0 Å². The number of carbonyl (C=O) groups is 1. The number of benzene rings is 1. The van der Waals surface area contributed by atoms with Crippen molar-refractivity contribution in [3.05, 3.63) is 30.4 Å². The smallest absolute Gasteiger partial charge is 0.251 e. The third-order valence-electron chi connectivity index (χ3n) is 3.41. The molecule has 1 aliphatic heterocycles. The highest BCUT2D eigenvalue weighted by molar-refractivity contribution is 5.95. The Morgan fingerprint density at radius 2 is 2.26 bits per heavy atom. The summed E-state index contributed by atoms with van der Waals surface area (Å²) in [6.07, 6.45) is 3.89. The van der Waals surface area contributed by atoms with Gasteiger partial charge in [0.2, 0.25) is 5.75 Å². The van der Waals surface area contributed by atoms with Gasteiger partial charge >= 0.3 is 0 Å². The molecule has 23 heavy (non-hydrogen) atoms. The maximum absolute atomic E-state index is 12.3. The molecule has 1 amide bonds. The van der Waals surface area contributed by atoms with E-state index in [4.69, 9.17) is 14.2 Å². The SMILES string of the molecule is COc1cc(C(=O)NCCCn2cncn2)cc2c1OCCO2. The summed E-state index contributed by atoms with van der Waals surface area (Å²) in [5, 5.41) is 6.87. The fraction of sp³-hybridized carbons (Fsp3) is 0.400. The van der Waals surface area contributed by atoms with Gasteiger partial charge in [-0.15, -0.1) is 0 Å². The van der Waals surface area contributed by atoms with Crippen LogP contribution in [-0.2, 0) is 6.54 Å². The number of rotatable bonds is 6. The summed E-state index contributed by atoms with van der Waals surface area (Å²) < 4.78 is 18.0. The lowest BCUT2D eigenvalue weighted by Gasteiger charge is -2.21. The maximum atomic E-state index is 12.3. The molecule has 0 saturated carbocycles. The molecule has 1 N–H and O–H groups in total. The Hall–Kier alpha value is -2.77. The van der Waals surface area contributed by atoms with Gasteiger partial charge in [0.15, 0.2) is 11.5 Å². The van der Waals surface area contributed by atoms with E-state index in [1.165, 1.54) is 13.4 Å². The van der Waals surface area contributed by atoms with Crippen molar-refractivity contribution < 1.29 is 19.0 Å². The Kier molecular flexibility index (Phi) is 4.60. The molecule has 8 heteroatoms. The Balaban J connectivity index is 1.60. The summed E-state index contributed by atoms with van der Waals surface area (Å²) in [6, 6.07) is 3.32. The van der Waals surface area contributed by atoms with Crippen molar-refractivity contribution in [3.63, 3.8) is 0 Å². The minimum absolute atomic E-state index is 0.182. The quantitative estimate of drug-likeness (QED) is 0.796. The summed E-state index contributed by atoms with van der Waals surface area (Å²) in [6.45, 7) is 2.16. The summed E-state index contributed by atoms with van der Waals surface area (Å²) in [5.41, 5.74) is 0.479. The van der Waals surface area contributed by atoms with E-state index < -0.39 is 0 Å². The second kappa shape index (κ2) is 6.99. The molecule has 0 spiro atoms. The Bertz CT molecular complexity index is 655. The number of hydrogen-bond donors (Lipinski definition) is 1. The van der Waals surface area contributed by atoms with Gasteiger partial charge in [0.05, 0.1) is 7.11 Å². The second-order valence-corrected chi connectivity index (χ2v) is 4.97. The molecule has 2 aromatic rings. The average molecular weight is 318 g/mol. The summed E-state index contributed by atoms with van der Waals surface area (Å²) >= 11 is 0. The van der Waals surface area contributed by atoms with Crippen molar-refractivity contribution in [1.29, 1.82) is 0 Å². The van der Waals surface area contributed by atoms with Gasteiger partial charge in [0.1, 0.15) is 25.9 Å². The highest BCUT2D eigenvalue weighted by atomic mass is 16.6. The molecular formula is C15H18N4O4. The fourth-order valence-electron chi connectivity index (χ4n) is 2.30. The molecule has 0 radical (unpaired) electrons. The Labute approximate surface area is 133 Å². The van der Waals surface area contributed by atoms with E-state index in [1.807, 2.05) is 0 Å². The summed E-state index contributed by atoms with van der Waals surface area (Å²) in [7, 11) is 1.54. The Morgan fingerprint density at radius 1 is 1.39 bits per heavy atom. The molecule has 122 valence electrons. The van der Waals surface area contributed by atoms with E-state index in [9.17, 15) is 4.79 Å². The first-order chi connectivity index (χ1) is 11.3. The monoisotopic (exact) mass is 318 g/mol. The van der Waals surface area contributed by atoms with Crippen LogP contribution in [0.5, 0.6) is 17.2 Å². The van der Waals surface area contributed by atoms with Crippen LogP contribution in [-0.4, -0.2) is 47.5 Å². The predicted molar refractivity (Wildman–Crippen MR) is 81.0 cm³/mol. The van der Waals surface area contributed by atoms with Crippen LogP contribution in [0.1, 0.15) is 16.8 Å². The average Bonchev–Trinajstić information content (AvgIpc) is 3.11. The standard InChI is InChI=1S/C15H18N4O4/c1-21-12-7-11(8-13-14(12)23-6-5-22-13)15(20)17-3-2-4-19-10-16-9-18-19/h7-10H,2-6H2,1H3,(H,17,20). The molecule has 2 heterocycles. The maximum Gasteiger partial charge on any atom is 0.251 e. The van der Waals surface area contributed by atoms with E-state index in [0.29, 0.717) is 49.1 Å². The molecule has 0 unspecified atom stereocenters.